The normalized spacial score (nSPS) is 10.1. The quantitative estimate of drug-likeness (QED) is 0.712. The SMILES string of the molecule is COC(=O)c1cc(Br)ccc1Oc1ccc(Br)cc1. The molecule has 0 saturated carbocycles. The zero-order chi connectivity index (χ0) is 13.8. The maximum Gasteiger partial charge on any atom is 0.341 e. The molecule has 0 spiro atoms. The van der Waals surface area contributed by atoms with Crippen LogP contribution in [0.1, 0.15) is 10.4 Å². The number of benzene rings is 2. The van der Waals surface area contributed by atoms with Crippen LogP contribution in [0.25, 0.3) is 0 Å². The first kappa shape index (κ1) is 14.1. The van der Waals surface area contributed by atoms with Gasteiger partial charge in [0.05, 0.1) is 7.11 Å². The largest absolute Gasteiger partial charge is 0.465 e. The van der Waals surface area contributed by atoms with Crippen LogP contribution in [-0.2, 0) is 4.74 Å². The first-order valence-corrected chi connectivity index (χ1v) is 7.00. The first-order valence-electron chi connectivity index (χ1n) is 5.41. The number of halogens is 2. The van der Waals surface area contributed by atoms with Crippen molar-refractivity contribution in [1.82, 2.24) is 0 Å². The van der Waals surface area contributed by atoms with Crippen molar-refractivity contribution in [3.05, 3.63) is 57.0 Å². The molecule has 2 rings (SSSR count). The van der Waals surface area contributed by atoms with E-state index >= 15 is 0 Å². The zero-order valence-electron chi connectivity index (χ0n) is 10.0. The molecule has 0 saturated heterocycles. The molecule has 0 aliphatic rings. The van der Waals surface area contributed by atoms with Gasteiger partial charge in [0.15, 0.2) is 0 Å². The third-order valence-electron chi connectivity index (χ3n) is 2.39. The van der Waals surface area contributed by atoms with E-state index in [4.69, 9.17) is 9.47 Å². The molecule has 5 heteroatoms. The summed E-state index contributed by atoms with van der Waals surface area (Å²) in [6.07, 6.45) is 0. The van der Waals surface area contributed by atoms with Gasteiger partial charge in [-0.15, -0.1) is 0 Å². The molecule has 0 N–H and O–H groups in total. The molecule has 19 heavy (non-hydrogen) atoms. The molecule has 2 aromatic carbocycles. The number of rotatable bonds is 3. The summed E-state index contributed by atoms with van der Waals surface area (Å²) >= 11 is 6.67. The molecule has 0 aromatic heterocycles. The topological polar surface area (TPSA) is 35.5 Å². The Morgan fingerprint density at radius 2 is 1.63 bits per heavy atom. The number of hydrogen-bond acceptors (Lipinski definition) is 3. The summed E-state index contributed by atoms with van der Waals surface area (Å²) in [4.78, 5) is 11.7. The van der Waals surface area contributed by atoms with E-state index in [1.807, 2.05) is 24.3 Å². The number of carbonyl (C=O) groups excluding carboxylic acids is 1. The molecule has 0 aliphatic heterocycles. The van der Waals surface area contributed by atoms with E-state index in [0.29, 0.717) is 17.1 Å². The van der Waals surface area contributed by atoms with Crippen LogP contribution in [0.2, 0.25) is 0 Å². The van der Waals surface area contributed by atoms with Crippen LogP contribution < -0.4 is 4.74 Å². The minimum Gasteiger partial charge on any atom is -0.465 e. The molecule has 0 atom stereocenters. The fourth-order valence-corrected chi connectivity index (χ4v) is 2.12. The molecule has 98 valence electrons. The number of hydrogen-bond donors (Lipinski definition) is 0. The Balaban J connectivity index is 2.34. The number of esters is 1. The lowest BCUT2D eigenvalue weighted by Gasteiger charge is -2.10. The summed E-state index contributed by atoms with van der Waals surface area (Å²) in [5.41, 5.74) is 0.375. The van der Waals surface area contributed by atoms with E-state index in [1.54, 1.807) is 18.2 Å². The summed E-state index contributed by atoms with van der Waals surface area (Å²) in [6, 6.07) is 12.6. The molecule has 0 unspecified atom stereocenters. The van der Waals surface area contributed by atoms with E-state index in [0.717, 1.165) is 8.95 Å². The molecule has 0 fully saturated rings. The summed E-state index contributed by atoms with van der Waals surface area (Å²) in [7, 11) is 1.34. The van der Waals surface area contributed by atoms with Crippen LogP contribution >= 0.6 is 31.9 Å². The minimum absolute atomic E-state index is 0.375. The lowest BCUT2D eigenvalue weighted by Crippen LogP contribution is -2.03. The highest BCUT2D eigenvalue weighted by atomic mass is 79.9. The molecule has 0 heterocycles. The van der Waals surface area contributed by atoms with E-state index in [-0.39, 0.29) is 0 Å². The van der Waals surface area contributed by atoms with Crippen molar-refractivity contribution in [2.45, 2.75) is 0 Å². The second-order valence-corrected chi connectivity index (χ2v) is 5.52. The summed E-state index contributed by atoms with van der Waals surface area (Å²) in [5.74, 6) is 0.668. The highest BCUT2D eigenvalue weighted by Gasteiger charge is 2.14. The van der Waals surface area contributed by atoms with Gasteiger partial charge >= 0.3 is 5.97 Å². The lowest BCUT2D eigenvalue weighted by molar-refractivity contribution is 0.0598. The van der Waals surface area contributed by atoms with Crippen LogP contribution in [0.15, 0.2) is 51.4 Å². The average Bonchev–Trinajstić information content (AvgIpc) is 2.42. The lowest BCUT2D eigenvalue weighted by atomic mass is 10.2. The predicted molar refractivity (Wildman–Crippen MR) is 79.7 cm³/mol. The second kappa shape index (κ2) is 6.21. The summed E-state index contributed by atoms with van der Waals surface area (Å²) < 4.78 is 12.2. The van der Waals surface area contributed by atoms with Crippen molar-refractivity contribution >= 4 is 37.8 Å². The molecular weight excluding hydrogens is 376 g/mol. The van der Waals surface area contributed by atoms with Gasteiger partial charge in [-0.05, 0) is 42.5 Å². The van der Waals surface area contributed by atoms with E-state index in [9.17, 15) is 4.79 Å². The van der Waals surface area contributed by atoms with Crippen molar-refractivity contribution in [1.29, 1.82) is 0 Å². The molecule has 0 aliphatic carbocycles. The average molecular weight is 386 g/mol. The Morgan fingerprint density at radius 3 is 2.26 bits per heavy atom. The Hall–Kier alpha value is -1.33. The van der Waals surface area contributed by atoms with Crippen molar-refractivity contribution < 1.29 is 14.3 Å². The van der Waals surface area contributed by atoms with Gasteiger partial charge in [-0.2, -0.15) is 0 Å². The standard InChI is InChI=1S/C14H10Br2O3/c1-18-14(17)12-8-10(16)4-7-13(12)19-11-5-2-9(15)3-6-11/h2-8H,1H3. The van der Waals surface area contributed by atoms with Crippen LogP contribution in [-0.4, -0.2) is 13.1 Å². The van der Waals surface area contributed by atoms with Crippen LogP contribution in [0.3, 0.4) is 0 Å². The van der Waals surface area contributed by atoms with Gasteiger partial charge in [-0.3, -0.25) is 0 Å². The van der Waals surface area contributed by atoms with Gasteiger partial charge in [-0.25, -0.2) is 4.79 Å². The zero-order valence-corrected chi connectivity index (χ0v) is 13.2. The highest BCUT2D eigenvalue weighted by molar-refractivity contribution is 9.10. The van der Waals surface area contributed by atoms with Crippen LogP contribution in [0, 0.1) is 0 Å². The van der Waals surface area contributed by atoms with Gasteiger partial charge in [0.25, 0.3) is 0 Å². The second-order valence-electron chi connectivity index (χ2n) is 3.69. The van der Waals surface area contributed by atoms with Crippen molar-refractivity contribution in [2.24, 2.45) is 0 Å². The molecule has 0 amide bonds. The third-order valence-corrected chi connectivity index (χ3v) is 3.41. The van der Waals surface area contributed by atoms with Crippen LogP contribution in [0.4, 0.5) is 0 Å². The van der Waals surface area contributed by atoms with Gasteiger partial charge in [-0.1, -0.05) is 31.9 Å². The minimum atomic E-state index is -0.437. The van der Waals surface area contributed by atoms with Gasteiger partial charge in [0, 0.05) is 8.95 Å². The van der Waals surface area contributed by atoms with E-state index < -0.39 is 5.97 Å². The van der Waals surface area contributed by atoms with Crippen molar-refractivity contribution in [3.63, 3.8) is 0 Å². The Bertz CT molecular complexity index is 594. The smallest absolute Gasteiger partial charge is 0.341 e. The van der Waals surface area contributed by atoms with Gasteiger partial charge in [0.1, 0.15) is 17.1 Å². The third kappa shape index (κ3) is 3.58. The van der Waals surface area contributed by atoms with Gasteiger partial charge in [0.2, 0.25) is 0 Å². The Labute approximate surface area is 127 Å². The Morgan fingerprint density at radius 1 is 1.00 bits per heavy atom. The molecule has 3 nitrogen and oxygen atoms in total. The molecule has 2 aromatic rings. The fraction of sp³-hybridized carbons (Fsp3) is 0.0714. The molecule has 0 radical (unpaired) electrons. The number of ether oxygens (including phenoxy) is 2. The van der Waals surface area contributed by atoms with Crippen LogP contribution in [0.5, 0.6) is 11.5 Å². The monoisotopic (exact) mass is 384 g/mol. The van der Waals surface area contributed by atoms with E-state index in [1.165, 1.54) is 7.11 Å². The highest BCUT2D eigenvalue weighted by Crippen LogP contribution is 2.29. The Kier molecular flexibility index (Phi) is 4.61. The molecule has 0 bridgehead atoms. The van der Waals surface area contributed by atoms with Gasteiger partial charge < -0.3 is 9.47 Å². The first-order chi connectivity index (χ1) is 9.10. The van der Waals surface area contributed by atoms with E-state index in [2.05, 4.69) is 31.9 Å². The summed E-state index contributed by atoms with van der Waals surface area (Å²) in [6.45, 7) is 0. The predicted octanol–water partition coefficient (Wildman–Crippen LogP) is 4.79. The fourth-order valence-electron chi connectivity index (χ4n) is 1.49. The summed E-state index contributed by atoms with van der Waals surface area (Å²) in [5, 5.41) is 0. The maximum absolute atomic E-state index is 11.7. The molecular formula is C14H10Br2O3. The number of carbonyl (C=O) groups is 1. The maximum atomic E-state index is 11.7. The number of methoxy groups -OCH3 is 1. The van der Waals surface area contributed by atoms with Crippen molar-refractivity contribution in [2.75, 3.05) is 7.11 Å². The van der Waals surface area contributed by atoms with Crippen molar-refractivity contribution in [3.8, 4) is 11.5 Å².